The molecule has 1 saturated carbocycles. The van der Waals surface area contributed by atoms with Crippen molar-refractivity contribution in [2.45, 2.75) is 45.7 Å². The Hall–Kier alpha value is -3.76. The van der Waals surface area contributed by atoms with Crippen LogP contribution in [0, 0.1) is 30.4 Å². The van der Waals surface area contributed by atoms with Crippen molar-refractivity contribution in [1.82, 2.24) is 30.5 Å². The van der Waals surface area contributed by atoms with Crippen LogP contribution in [-0.2, 0) is 22.6 Å². The molecule has 1 amide bonds. The topological polar surface area (TPSA) is 112 Å². The summed E-state index contributed by atoms with van der Waals surface area (Å²) >= 11 is 0. The van der Waals surface area contributed by atoms with Gasteiger partial charge in [-0.1, -0.05) is 6.07 Å². The number of pyridine rings is 1. The van der Waals surface area contributed by atoms with E-state index in [4.69, 9.17) is 4.74 Å². The summed E-state index contributed by atoms with van der Waals surface area (Å²) in [6.45, 7) is 2.36. The molecule has 11 heteroatoms. The number of hydrogen-bond donors (Lipinski definition) is 1. The number of carbonyl (C=O) groups excluding carboxylic acids is 2. The van der Waals surface area contributed by atoms with Gasteiger partial charge in [-0.05, 0) is 73.6 Å². The van der Waals surface area contributed by atoms with Gasteiger partial charge in [0.05, 0.1) is 19.6 Å². The fraction of sp³-hybridized carbons (Fsp3) is 0.417. The average molecular weight is 485 g/mol. The highest BCUT2D eigenvalue weighted by Crippen LogP contribution is 2.30. The van der Waals surface area contributed by atoms with Gasteiger partial charge >= 0.3 is 5.97 Å². The summed E-state index contributed by atoms with van der Waals surface area (Å²) in [5, 5.41) is 15.4. The summed E-state index contributed by atoms with van der Waals surface area (Å²) in [5.74, 6) is -1.86. The highest BCUT2D eigenvalue weighted by molar-refractivity contribution is 5.93. The molecule has 3 aromatic rings. The standard InChI is InChI=1S/C24H26F2N6O3/c1-14-9-18(11-21(28-14)23(33)27-12-16-5-8-19(25)20(26)10-16)22-29-31-32(30-22)13-15-3-6-17(7-4-15)24(34)35-2/h5,8-11,15,17H,3-4,6-7,12-13H2,1-2H3,(H,27,33). The first-order valence-corrected chi connectivity index (χ1v) is 11.4. The van der Waals surface area contributed by atoms with Crippen molar-refractivity contribution in [1.29, 1.82) is 0 Å². The Morgan fingerprint density at radius 2 is 1.89 bits per heavy atom. The Bertz CT molecular complexity index is 1220. The Morgan fingerprint density at radius 1 is 1.11 bits per heavy atom. The zero-order chi connectivity index (χ0) is 24.9. The van der Waals surface area contributed by atoms with Crippen molar-refractivity contribution in [3.8, 4) is 11.4 Å². The third-order valence-electron chi connectivity index (χ3n) is 6.14. The molecular weight excluding hydrogens is 458 g/mol. The molecule has 4 rings (SSSR count). The molecule has 1 aliphatic carbocycles. The summed E-state index contributed by atoms with van der Waals surface area (Å²) in [6, 6.07) is 6.78. The minimum absolute atomic E-state index is 0.0215. The molecule has 2 heterocycles. The number of amides is 1. The van der Waals surface area contributed by atoms with Gasteiger partial charge in [0, 0.05) is 17.8 Å². The van der Waals surface area contributed by atoms with Crippen LogP contribution in [0.15, 0.2) is 30.3 Å². The lowest BCUT2D eigenvalue weighted by Gasteiger charge is -2.26. The van der Waals surface area contributed by atoms with E-state index in [1.54, 1.807) is 19.1 Å². The summed E-state index contributed by atoms with van der Waals surface area (Å²) < 4.78 is 31.3. The summed E-state index contributed by atoms with van der Waals surface area (Å²) in [4.78, 5) is 30.1. The number of methoxy groups -OCH3 is 1. The number of nitrogens with zero attached hydrogens (tertiary/aromatic N) is 5. The van der Waals surface area contributed by atoms with E-state index in [-0.39, 0.29) is 24.1 Å². The van der Waals surface area contributed by atoms with Gasteiger partial charge < -0.3 is 10.1 Å². The van der Waals surface area contributed by atoms with E-state index in [9.17, 15) is 18.4 Å². The van der Waals surface area contributed by atoms with E-state index < -0.39 is 17.5 Å². The number of benzene rings is 1. The molecule has 0 spiro atoms. The lowest BCUT2D eigenvalue weighted by atomic mass is 9.82. The van der Waals surface area contributed by atoms with Crippen molar-refractivity contribution in [2.75, 3.05) is 7.11 Å². The molecular formula is C24H26F2N6O3. The smallest absolute Gasteiger partial charge is 0.308 e. The van der Waals surface area contributed by atoms with Crippen molar-refractivity contribution in [2.24, 2.45) is 11.8 Å². The number of aromatic nitrogens is 5. The molecule has 1 N–H and O–H groups in total. The van der Waals surface area contributed by atoms with Crippen LogP contribution in [0.25, 0.3) is 11.4 Å². The molecule has 1 aromatic carbocycles. The Labute approximate surface area is 200 Å². The first-order valence-electron chi connectivity index (χ1n) is 11.4. The van der Waals surface area contributed by atoms with Gasteiger partial charge in [0.2, 0.25) is 5.82 Å². The van der Waals surface area contributed by atoms with Crippen LogP contribution < -0.4 is 5.32 Å². The highest BCUT2D eigenvalue weighted by atomic mass is 19.2. The Balaban J connectivity index is 1.39. The summed E-state index contributed by atoms with van der Waals surface area (Å²) in [6.07, 6.45) is 3.33. The molecule has 0 aliphatic heterocycles. The van der Waals surface area contributed by atoms with Gasteiger partial charge in [0.15, 0.2) is 11.6 Å². The maximum atomic E-state index is 13.4. The van der Waals surface area contributed by atoms with Crippen molar-refractivity contribution in [3.63, 3.8) is 0 Å². The van der Waals surface area contributed by atoms with Crippen molar-refractivity contribution in [3.05, 3.63) is 58.9 Å². The van der Waals surface area contributed by atoms with Gasteiger partial charge in [-0.3, -0.25) is 9.59 Å². The fourth-order valence-electron chi connectivity index (χ4n) is 4.25. The monoisotopic (exact) mass is 484 g/mol. The summed E-state index contributed by atoms with van der Waals surface area (Å²) in [7, 11) is 1.41. The number of carbonyl (C=O) groups is 2. The number of nitrogens with one attached hydrogen (secondary N) is 1. The normalized spacial score (nSPS) is 17.7. The molecule has 0 radical (unpaired) electrons. The first kappa shape index (κ1) is 24.4. The van der Waals surface area contributed by atoms with E-state index in [1.165, 1.54) is 18.0 Å². The number of esters is 1. The number of rotatable bonds is 7. The zero-order valence-electron chi connectivity index (χ0n) is 19.5. The van der Waals surface area contributed by atoms with Crippen molar-refractivity contribution < 1.29 is 23.1 Å². The number of tetrazole rings is 1. The molecule has 184 valence electrons. The molecule has 35 heavy (non-hydrogen) atoms. The van der Waals surface area contributed by atoms with Crippen LogP contribution in [0.1, 0.15) is 47.4 Å². The maximum absolute atomic E-state index is 13.4. The molecule has 0 atom stereocenters. The third-order valence-corrected chi connectivity index (χ3v) is 6.14. The van der Waals surface area contributed by atoms with Crippen LogP contribution >= 0.6 is 0 Å². The summed E-state index contributed by atoms with van der Waals surface area (Å²) in [5.41, 5.74) is 1.77. The largest absolute Gasteiger partial charge is 0.469 e. The van der Waals surface area contributed by atoms with Gasteiger partial charge in [-0.15, -0.1) is 10.2 Å². The Kier molecular flexibility index (Phi) is 7.42. The predicted molar refractivity (Wildman–Crippen MR) is 121 cm³/mol. The SMILES string of the molecule is COC(=O)C1CCC(Cn2nnc(-c3cc(C)nc(C(=O)NCc4ccc(F)c(F)c4)c3)n2)CC1. The molecule has 1 fully saturated rings. The molecule has 1 aliphatic rings. The average Bonchev–Trinajstić information content (AvgIpc) is 3.32. The number of ether oxygens (including phenoxy) is 1. The van der Waals surface area contributed by atoms with Crippen LogP contribution in [-0.4, -0.2) is 44.2 Å². The minimum atomic E-state index is -0.974. The van der Waals surface area contributed by atoms with Crippen LogP contribution in [0.3, 0.4) is 0 Å². The third kappa shape index (κ3) is 6.03. The molecule has 0 unspecified atom stereocenters. The molecule has 0 saturated heterocycles. The molecule has 2 aromatic heterocycles. The van der Waals surface area contributed by atoms with E-state index in [0.29, 0.717) is 35.1 Å². The molecule has 0 bridgehead atoms. The second kappa shape index (κ2) is 10.7. The lowest BCUT2D eigenvalue weighted by Crippen LogP contribution is -2.25. The second-order valence-electron chi connectivity index (χ2n) is 8.72. The predicted octanol–water partition coefficient (Wildman–Crippen LogP) is 3.23. The van der Waals surface area contributed by atoms with Crippen LogP contribution in [0.2, 0.25) is 0 Å². The van der Waals surface area contributed by atoms with Gasteiger partial charge in [-0.25, -0.2) is 13.8 Å². The van der Waals surface area contributed by atoms with Gasteiger partial charge in [0.25, 0.3) is 5.91 Å². The number of aryl methyl sites for hydroxylation is 1. The van der Waals surface area contributed by atoms with Gasteiger partial charge in [0.1, 0.15) is 5.69 Å². The van der Waals surface area contributed by atoms with Crippen LogP contribution in [0.5, 0.6) is 0 Å². The molecule has 9 nitrogen and oxygen atoms in total. The first-order chi connectivity index (χ1) is 16.8. The number of halogens is 2. The van der Waals surface area contributed by atoms with E-state index >= 15 is 0 Å². The number of hydrogen-bond acceptors (Lipinski definition) is 7. The Morgan fingerprint density at radius 3 is 2.60 bits per heavy atom. The van der Waals surface area contributed by atoms with Gasteiger partial charge in [-0.2, -0.15) is 4.80 Å². The fourth-order valence-corrected chi connectivity index (χ4v) is 4.25. The lowest BCUT2D eigenvalue weighted by molar-refractivity contribution is -0.146. The van der Waals surface area contributed by atoms with E-state index in [2.05, 4.69) is 25.7 Å². The minimum Gasteiger partial charge on any atom is -0.469 e. The van der Waals surface area contributed by atoms with Crippen LogP contribution in [0.4, 0.5) is 8.78 Å². The zero-order valence-corrected chi connectivity index (χ0v) is 19.5. The second-order valence-corrected chi connectivity index (χ2v) is 8.72. The quantitative estimate of drug-likeness (QED) is 0.513. The highest BCUT2D eigenvalue weighted by Gasteiger charge is 2.27. The van der Waals surface area contributed by atoms with E-state index in [1.807, 2.05) is 0 Å². The van der Waals surface area contributed by atoms with E-state index in [0.717, 1.165) is 37.8 Å². The maximum Gasteiger partial charge on any atom is 0.308 e. The van der Waals surface area contributed by atoms with Crippen molar-refractivity contribution >= 4 is 11.9 Å².